The minimum Gasteiger partial charge on any atom is -0.351 e. The largest absolute Gasteiger partial charge is 0.351 e. The number of carbonyl (C=O) groups excluding carboxylic acids is 1. The van der Waals surface area contributed by atoms with E-state index < -0.39 is 10.0 Å². The molecule has 18 heavy (non-hydrogen) atoms. The lowest BCUT2D eigenvalue weighted by molar-refractivity contribution is 0.0953. The van der Waals surface area contributed by atoms with Gasteiger partial charge in [-0.3, -0.25) is 4.79 Å². The predicted octanol–water partition coefficient (Wildman–Crippen LogP) is 0.664. The number of benzene rings is 1. The van der Waals surface area contributed by atoms with Crippen molar-refractivity contribution < 1.29 is 13.2 Å². The molecule has 0 aromatic heterocycles. The molecule has 0 heterocycles. The Labute approximate surface area is 108 Å². The van der Waals surface area contributed by atoms with E-state index in [0.29, 0.717) is 5.56 Å². The van der Waals surface area contributed by atoms with Crippen LogP contribution < -0.4 is 10.0 Å². The van der Waals surface area contributed by atoms with E-state index in [4.69, 9.17) is 0 Å². The van der Waals surface area contributed by atoms with Gasteiger partial charge in [0.05, 0.1) is 5.75 Å². The van der Waals surface area contributed by atoms with Gasteiger partial charge in [0.25, 0.3) is 5.91 Å². The Bertz CT molecular complexity index is 512. The smallest absolute Gasteiger partial charge is 0.251 e. The van der Waals surface area contributed by atoms with E-state index in [9.17, 15) is 13.2 Å². The van der Waals surface area contributed by atoms with Gasteiger partial charge in [0, 0.05) is 18.7 Å². The molecule has 1 aromatic carbocycles. The summed E-state index contributed by atoms with van der Waals surface area (Å²) in [5.74, 6) is -0.151. The molecule has 100 valence electrons. The van der Waals surface area contributed by atoms with Gasteiger partial charge in [0.2, 0.25) is 10.0 Å². The van der Waals surface area contributed by atoms with Gasteiger partial charge in [-0.2, -0.15) is 0 Å². The first kappa shape index (κ1) is 14.7. The van der Waals surface area contributed by atoms with Crippen LogP contribution in [0.1, 0.15) is 22.8 Å². The SMILES string of the molecule is CCS(=O)(=O)NCCNC(=O)c1ccccc1C. The number of hydrogen-bond donors (Lipinski definition) is 2. The lowest BCUT2D eigenvalue weighted by Gasteiger charge is -2.08. The van der Waals surface area contributed by atoms with Crippen molar-refractivity contribution in [1.82, 2.24) is 10.0 Å². The Balaban J connectivity index is 2.42. The second-order valence-electron chi connectivity index (χ2n) is 3.87. The number of sulfonamides is 1. The van der Waals surface area contributed by atoms with Crippen molar-refractivity contribution >= 4 is 15.9 Å². The Morgan fingerprint density at radius 1 is 1.22 bits per heavy atom. The first-order valence-corrected chi connectivity index (χ1v) is 7.42. The first-order valence-electron chi connectivity index (χ1n) is 5.77. The molecular weight excluding hydrogens is 252 g/mol. The van der Waals surface area contributed by atoms with Gasteiger partial charge in [-0.05, 0) is 25.5 Å². The highest BCUT2D eigenvalue weighted by Gasteiger charge is 2.08. The monoisotopic (exact) mass is 270 g/mol. The molecule has 0 bridgehead atoms. The van der Waals surface area contributed by atoms with Crippen molar-refractivity contribution in [2.75, 3.05) is 18.8 Å². The molecule has 0 radical (unpaired) electrons. The second-order valence-corrected chi connectivity index (χ2v) is 5.96. The number of carbonyl (C=O) groups is 1. The molecule has 5 nitrogen and oxygen atoms in total. The number of hydrogen-bond acceptors (Lipinski definition) is 3. The van der Waals surface area contributed by atoms with Gasteiger partial charge in [-0.1, -0.05) is 18.2 Å². The molecular formula is C12H18N2O3S. The van der Waals surface area contributed by atoms with Crippen LogP contribution in [0, 0.1) is 6.92 Å². The lowest BCUT2D eigenvalue weighted by atomic mass is 10.1. The van der Waals surface area contributed by atoms with Crippen LogP contribution in [0.5, 0.6) is 0 Å². The van der Waals surface area contributed by atoms with E-state index >= 15 is 0 Å². The summed E-state index contributed by atoms with van der Waals surface area (Å²) < 4.78 is 24.7. The fourth-order valence-corrected chi connectivity index (χ4v) is 2.02. The van der Waals surface area contributed by atoms with Gasteiger partial charge in [0.1, 0.15) is 0 Å². The minimum atomic E-state index is -3.19. The zero-order chi connectivity index (χ0) is 13.6. The quantitative estimate of drug-likeness (QED) is 0.746. The third-order valence-electron chi connectivity index (χ3n) is 2.50. The van der Waals surface area contributed by atoms with Crippen LogP contribution in [0.4, 0.5) is 0 Å². The summed E-state index contributed by atoms with van der Waals surface area (Å²) in [6, 6.07) is 7.25. The Morgan fingerprint density at radius 2 is 1.89 bits per heavy atom. The van der Waals surface area contributed by atoms with Crippen LogP contribution in [0.25, 0.3) is 0 Å². The fourth-order valence-electron chi connectivity index (χ4n) is 1.41. The Hall–Kier alpha value is -1.40. The van der Waals surface area contributed by atoms with Crippen molar-refractivity contribution in [2.24, 2.45) is 0 Å². The van der Waals surface area contributed by atoms with Crippen LogP contribution in [0.2, 0.25) is 0 Å². The standard InChI is InChI=1S/C12H18N2O3S/c1-3-18(16,17)14-9-8-13-12(15)11-7-5-4-6-10(11)2/h4-7,14H,3,8-9H2,1-2H3,(H,13,15). The van der Waals surface area contributed by atoms with Crippen molar-refractivity contribution in [3.05, 3.63) is 35.4 Å². The maximum Gasteiger partial charge on any atom is 0.251 e. The van der Waals surface area contributed by atoms with E-state index in [2.05, 4.69) is 10.0 Å². The third kappa shape index (κ3) is 4.46. The minimum absolute atomic E-state index is 0.0404. The fraction of sp³-hybridized carbons (Fsp3) is 0.417. The summed E-state index contributed by atoms with van der Waals surface area (Å²) in [7, 11) is -3.19. The average molecular weight is 270 g/mol. The molecule has 2 N–H and O–H groups in total. The highest BCUT2D eigenvalue weighted by Crippen LogP contribution is 2.05. The van der Waals surface area contributed by atoms with Crippen molar-refractivity contribution in [3.63, 3.8) is 0 Å². The molecule has 0 atom stereocenters. The predicted molar refractivity (Wildman–Crippen MR) is 71.0 cm³/mol. The summed E-state index contributed by atoms with van der Waals surface area (Å²) in [6.07, 6.45) is 0. The van der Waals surface area contributed by atoms with Crippen molar-refractivity contribution in [3.8, 4) is 0 Å². The zero-order valence-corrected chi connectivity index (χ0v) is 11.4. The van der Waals surface area contributed by atoms with E-state index in [0.717, 1.165) is 5.56 Å². The van der Waals surface area contributed by atoms with E-state index in [-0.39, 0.29) is 24.7 Å². The molecule has 0 fully saturated rings. The second kappa shape index (κ2) is 6.51. The number of rotatable bonds is 6. The van der Waals surface area contributed by atoms with Gasteiger partial charge in [0.15, 0.2) is 0 Å². The molecule has 0 aliphatic heterocycles. The van der Waals surface area contributed by atoms with Crippen molar-refractivity contribution in [1.29, 1.82) is 0 Å². The molecule has 0 aliphatic rings. The van der Waals surface area contributed by atoms with E-state index in [1.807, 2.05) is 19.1 Å². The summed E-state index contributed by atoms with van der Waals surface area (Å²) in [5, 5.41) is 2.67. The van der Waals surface area contributed by atoms with Crippen LogP contribution in [-0.2, 0) is 10.0 Å². The van der Waals surface area contributed by atoms with Crippen LogP contribution in [0.15, 0.2) is 24.3 Å². The van der Waals surface area contributed by atoms with Gasteiger partial charge in [-0.15, -0.1) is 0 Å². The van der Waals surface area contributed by atoms with E-state index in [1.54, 1.807) is 19.1 Å². The maximum atomic E-state index is 11.8. The van der Waals surface area contributed by atoms with Crippen LogP contribution in [0.3, 0.4) is 0 Å². The van der Waals surface area contributed by atoms with Crippen LogP contribution in [-0.4, -0.2) is 33.2 Å². The molecule has 0 saturated carbocycles. The van der Waals surface area contributed by atoms with Gasteiger partial charge >= 0.3 is 0 Å². The highest BCUT2D eigenvalue weighted by molar-refractivity contribution is 7.89. The van der Waals surface area contributed by atoms with Gasteiger partial charge in [-0.25, -0.2) is 13.1 Å². The Morgan fingerprint density at radius 3 is 2.50 bits per heavy atom. The summed E-state index contributed by atoms with van der Waals surface area (Å²) in [6.45, 7) is 3.89. The molecule has 0 saturated heterocycles. The first-order chi connectivity index (χ1) is 8.46. The van der Waals surface area contributed by atoms with Crippen molar-refractivity contribution in [2.45, 2.75) is 13.8 Å². The average Bonchev–Trinajstić information content (AvgIpc) is 2.35. The molecule has 0 unspecified atom stereocenters. The Kier molecular flexibility index (Phi) is 5.30. The van der Waals surface area contributed by atoms with E-state index in [1.165, 1.54) is 0 Å². The highest BCUT2D eigenvalue weighted by atomic mass is 32.2. The molecule has 6 heteroatoms. The molecule has 1 rings (SSSR count). The third-order valence-corrected chi connectivity index (χ3v) is 3.91. The summed E-state index contributed by atoms with van der Waals surface area (Å²) in [4.78, 5) is 11.8. The molecule has 0 aliphatic carbocycles. The molecule has 0 spiro atoms. The normalized spacial score (nSPS) is 11.2. The zero-order valence-electron chi connectivity index (χ0n) is 10.6. The summed E-state index contributed by atoms with van der Waals surface area (Å²) in [5.41, 5.74) is 1.50. The number of aryl methyl sites for hydroxylation is 1. The molecule has 1 amide bonds. The van der Waals surface area contributed by atoms with Gasteiger partial charge < -0.3 is 5.32 Å². The number of nitrogens with one attached hydrogen (secondary N) is 2. The summed E-state index contributed by atoms with van der Waals surface area (Å²) >= 11 is 0. The van der Waals surface area contributed by atoms with Crippen LogP contribution >= 0.6 is 0 Å². The lowest BCUT2D eigenvalue weighted by Crippen LogP contribution is -2.35. The maximum absolute atomic E-state index is 11.8. The molecule has 1 aromatic rings. The number of amides is 1. The topological polar surface area (TPSA) is 75.3 Å².